The number of benzene rings is 1. The number of alkyl halides is 1. The van der Waals surface area contributed by atoms with Crippen molar-refractivity contribution in [3.63, 3.8) is 0 Å². The topological polar surface area (TPSA) is 98.5 Å². The zero-order valence-corrected chi connectivity index (χ0v) is 16.4. The molecule has 0 saturated heterocycles. The van der Waals surface area contributed by atoms with E-state index in [1.54, 1.807) is 0 Å². The molecular weight excluding hydrogens is 384 g/mol. The van der Waals surface area contributed by atoms with E-state index in [4.69, 9.17) is 16.3 Å². The molecule has 7 nitrogen and oxygen atoms in total. The van der Waals surface area contributed by atoms with E-state index in [0.29, 0.717) is 17.8 Å². The third-order valence-corrected chi connectivity index (χ3v) is 7.07. The van der Waals surface area contributed by atoms with Crippen LogP contribution in [0.15, 0.2) is 18.2 Å². The van der Waals surface area contributed by atoms with Crippen molar-refractivity contribution in [3.05, 3.63) is 28.3 Å². The van der Waals surface area contributed by atoms with Crippen LogP contribution in [0.5, 0.6) is 5.75 Å². The lowest BCUT2D eigenvalue weighted by Gasteiger charge is -2.56. The molecule has 4 bridgehead atoms. The highest BCUT2D eigenvalue weighted by molar-refractivity contribution is 6.44. The Labute approximate surface area is 167 Å². The number of nitrogens with zero attached hydrogens (tertiary/aromatic N) is 1. The lowest BCUT2D eigenvalue weighted by atomic mass is 9.48. The number of Topliss-reactive ketones (excluding diaryl/α,β-unsaturated/α-hetero) is 1. The lowest BCUT2D eigenvalue weighted by molar-refractivity contribution is -0.384. The van der Waals surface area contributed by atoms with Crippen molar-refractivity contribution in [2.75, 3.05) is 12.4 Å². The molecule has 1 unspecified atom stereocenters. The molecule has 1 N–H and O–H groups in total. The zero-order chi connectivity index (χ0) is 20.1. The van der Waals surface area contributed by atoms with Crippen LogP contribution in [0.2, 0.25) is 0 Å². The standard InChI is InChI=1S/C20H23ClN2O5/c1-28-16-3-2-14(23(26)27)7-15(16)22-19(25)17(21)18(24)20-8-11-4-12(9-20)6-13(5-11)10-20/h2-3,7,11-13,17H,4-6,8-10H2,1H3,(H,22,25). The normalized spacial score (nSPS) is 31.3. The number of halogens is 1. The third-order valence-electron chi connectivity index (χ3n) is 6.67. The number of nitrogens with one attached hydrogen (secondary N) is 1. The summed E-state index contributed by atoms with van der Waals surface area (Å²) in [5, 5.41) is 12.2. The van der Waals surface area contributed by atoms with Crippen molar-refractivity contribution in [1.82, 2.24) is 0 Å². The first-order valence-corrected chi connectivity index (χ1v) is 10.1. The van der Waals surface area contributed by atoms with Crippen LogP contribution < -0.4 is 10.1 Å². The molecule has 0 aromatic heterocycles. The molecule has 150 valence electrons. The maximum atomic E-state index is 13.2. The van der Waals surface area contributed by atoms with Gasteiger partial charge < -0.3 is 10.1 Å². The number of hydrogen-bond donors (Lipinski definition) is 1. The Morgan fingerprint density at radius 3 is 2.29 bits per heavy atom. The molecule has 1 aromatic rings. The van der Waals surface area contributed by atoms with Crippen LogP contribution in [0.1, 0.15) is 38.5 Å². The van der Waals surface area contributed by atoms with E-state index < -0.39 is 21.6 Å². The summed E-state index contributed by atoms with van der Waals surface area (Å²) in [7, 11) is 1.40. The maximum Gasteiger partial charge on any atom is 0.271 e. The Balaban J connectivity index is 1.52. The van der Waals surface area contributed by atoms with Crippen molar-refractivity contribution in [1.29, 1.82) is 0 Å². The van der Waals surface area contributed by atoms with Crippen molar-refractivity contribution in [2.45, 2.75) is 43.9 Å². The number of nitro groups is 1. The number of methoxy groups -OCH3 is 1. The second kappa shape index (κ2) is 7.03. The number of anilines is 1. The van der Waals surface area contributed by atoms with E-state index in [1.807, 2.05) is 0 Å². The highest BCUT2D eigenvalue weighted by Gasteiger charge is 2.56. The summed E-state index contributed by atoms with van der Waals surface area (Å²) in [6, 6.07) is 3.89. The van der Waals surface area contributed by atoms with Gasteiger partial charge in [0.15, 0.2) is 11.2 Å². The average molecular weight is 407 g/mol. The van der Waals surface area contributed by atoms with E-state index in [2.05, 4.69) is 5.32 Å². The maximum absolute atomic E-state index is 13.2. The number of rotatable bonds is 6. The Hall–Kier alpha value is -2.15. The number of non-ortho nitro benzene ring substituents is 1. The molecule has 0 heterocycles. The Morgan fingerprint density at radius 2 is 1.79 bits per heavy atom. The van der Waals surface area contributed by atoms with Gasteiger partial charge in [-0.25, -0.2) is 0 Å². The van der Waals surface area contributed by atoms with Crippen LogP contribution in [0.25, 0.3) is 0 Å². The quantitative estimate of drug-likeness (QED) is 0.334. The van der Waals surface area contributed by atoms with E-state index in [1.165, 1.54) is 44.6 Å². The van der Waals surface area contributed by atoms with Crippen molar-refractivity contribution >= 4 is 34.7 Å². The number of amides is 1. The highest BCUT2D eigenvalue weighted by atomic mass is 35.5. The van der Waals surface area contributed by atoms with E-state index in [-0.39, 0.29) is 22.9 Å². The van der Waals surface area contributed by atoms with Gasteiger partial charge in [-0.3, -0.25) is 19.7 Å². The summed E-state index contributed by atoms with van der Waals surface area (Å²) >= 11 is 6.33. The first-order valence-electron chi connectivity index (χ1n) is 9.63. The molecule has 1 aromatic carbocycles. The summed E-state index contributed by atoms with van der Waals surface area (Å²) in [6.07, 6.45) is 6.06. The Morgan fingerprint density at radius 1 is 1.21 bits per heavy atom. The van der Waals surface area contributed by atoms with Gasteiger partial charge in [-0.1, -0.05) is 0 Å². The average Bonchev–Trinajstić information content (AvgIpc) is 2.65. The van der Waals surface area contributed by atoms with Crippen LogP contribution in [0.3, 0.4) is 0 Å². The van der Waals surface area contributed by atoms with Crippen molar-refractivity contribution < 1.29 is 19.2 Å². The lowest BCUT2D eigenvalue weighted by Crippen LogP contribution is -2.53. The summed E-state index contributed by atoms with van der Waals surface area (Å²) in [4.78, 5) is 36.4. The van der Waals surface area contributed by atoms with Gasteiger partial charge in [0.2, 0.25) is 5.91 Å². The molecule has 0 radical (unpaired) electrons. The van der Waals surface area contributed by atoms with Crippen LogP contribution in [0, 0.1) is 33.3 Å². The fraction of sp³-hybridized carbons (Fsp3) is 0.600. The molecule has 0 aliphatic heterocycles. The molecule has 4 saturated carbocycles. The fourth-order valence-corrected chi connectivity index (χ4v) is 6.19. The molecule has 4 aliphatic carbocycles. The zero-order valence-electron chi connectivity index (χ0n) is 15.7. The number of hydrogen-bond acceptors (Lipinski definition) is 5. The van der Waals surface area contributed by atoms with Gasteiger partial charge in [0.05, 0.1) is 17.7 Å². The van der Waals surface area contributed by atoms with Gasteiger partial charge in [0.1, 0.15) is 5.75 Å². The summed E-state index contributed by atoms with van der Waals surface area (Å²) in [5.41, 5.74) is -0.536. The number of carbonyl (C=O) groups is 2. The Kier molecular flexibility index (Phi) is 4.81. The monoisotopic (exact) mass is 406 g/mol. The van der Waals surface area contributed by atoms with Gasteiger partial charge in [-0.05, 0) is 62.3 Å². The van der Waals surface area contributed by atoms with Crippen LogP contribution in [0.4, 0.5) is 11.4 Å². The van der Waals surface area contributed by atoms with E-state index in [0.717, 1.165) is 19.3 Å². The molecule has 8 heteroatoms. The van der Waals surface area contributed by atoms with Gasteiger partial charge >= 0.3 is 0 Å². The molecule has 5 rings (SSSR count). The highest BCUT2D eigenvalue weighted by Crippen LogP contribution is 2.60. The third kappa shape index (κ3) is 3.26. The first kappa shape index (κ1) is 19.2. The van der Waals surface area contributed by atoms with Crippen molar-refractivity contribution in [2.24, 2.45) is 23.2 Å². The Bertz CT molecular complexity index is 805. The number of ketones is 1. The molecular formula is C20H23ClN2O5. The molecule has 0 spiro atoms. The molecule has 4 fully saturated rings. The minimum absolute atomic E-state index is 0.130. The second-order valence-electron chi connectivity index (χ2n) is 8.56. The molecule has 4 aliphatic rings. The number of carbonyl (C=O) groups excluding carboxylic acids is 2. The number of ether oxygens (including phenoxy) is 1. The van der Waals surface area contributed by atoms with Crippen LogP contribution in [-0.2, 0) is 9.59 Å². The molecule has 1 atom stereocenters. The fourth-order valence-electron chi connectivity index (χ4n) is 5.90. The van der Waals surface area contributed by atoms with E-state index >= 15 is 0 Å². The summed E-state index contributed by atoms with van der Waals surface area (Å²) < 4.78 is 5.16. The predicted octanol–water partition coefficient (Wildman–Crippen LogP) is 3.93. The van der Waals surface area contributed by atoms with Crippen molar-refractivity contribution in [3.8, 4) is 5.75 Å². The predicted molar refractivity (Wildman–Crippen MR) is 104 cm³/mol. The molecule has 28 heavy (non-hydrogen) atoms. The van der Waals surface area contributed by atoms with Gasteiger partial charge in [-0.15, -0.1) is 11.6 Å². The summed E-state index contributed by atoms with van der Waals surface area (Å²) in [5.74, 6) is 1.11. The van der Waals surface area contributed by atoms with Crippen LogP contribution in [-0.4, -0.2) is 29.1 Å². The largest absolute Gasteiger partial charge is 0.495 e. The molecule has 1 amide bonds. The summed E-state index contributed by atoms with van der Waals surface area (Å²) in [6.45, 7) is 0. The van der Waals surface area contributed by atoms with E-state index in [9.17, 15) is 19.7 Å². The first-order chi connectivity index (χ1) is 13.3. The smallest absolute Gasteiger partial charge is 0.271 e. The minimum atomic E-state index is -1.32. The van der Waals surface area contributed by atoms with Crippen LogP contribution >= 0.6 is 11.6 Å². The van der Waals surface area contributed by atoms with Gasteiger partial charge in [0, 0.05) is 17.5 Å². The SMILES string of the molecule is COc1ccc([N+](=O)[O-])cc1NC(=O)C(Cl)C(=O)C12CC3CC(CC(C3)C1)C2. The van der Waals surface area contributed by atoms with Gasteiger partial charge in [0.25, 0.3) is 5.69 Å². The minimum Gasteiger partial charge on any atom is -0.495 e. The second-order valence-corrected chi connectivity index (χ2v) is 8.99. The number of nitro benzene ring substituents is 1. The van der Waals surface area contributed by atoms with Gasteiger partial charge in [-0.2, -0.15) is 0 Å².